The van der Waals surface area contributed by atoms with Crippen LogP contribution in [0.25, 0.3) is 11.0 Å². The molecule has 31 heavy (non-hydrogen) atoms. The number of benzene rings is 2. The summed E-state index contributed by atoms with van der Waals surface area (Å²) in [6.07, 6.45) is 0. The Balaban J connectivity index is 2.22. The number of imidazole rings is 1. The highest BCUT2D eigenvalue weighted by molar-refractivity contribution is 6.31. The molecule has 162 valence electrons. The van der Waals surface area contributed by atoms with Gasteiger partial charge in [-0.1, -0.05) is 29.8 Å². The fourth-order valence-electron chi connectivity index (χ4n) is 3.16. The smallest absolute Gasteiger partial charge is 0.326 e. The number of halogens is 1. The van der Waals surface area contributed by atoms with Gasteiger partial charge in [-0.25, -0.2) is 0 Å². The molecule has 0 saturated heterocycles. The normalized spacial score (nSPS) is 10.7. The first kappa shape index (κ1) is 22.3. The molecule has 0 spiro atoms. The minimum atomic E-state index is -0.562. The van der Waals surface area contributed by atoms with Gasteiger partial charge >= 0.3 is 11.9 Å². The van der Waals surface area contributed by atoms with E-state index in [0.717, 1.165) is 0 Å². The summed E-state index contributed by atoms with van der Waals surface area (Å²) >= 11 is 6.00. The molecule has 0 aliphatic rings. The number of rotatable bonds is 7. The first-order valence-electron chi connectivity index (χ1n) is 9.78. The van der Waals surface area contributed by atoms with Gasteiger partial charge in [-0.2, -0.15) is 4.99 Å². The largest absolute Gasteiger partial charge is 0.465 e. The van der Waals surface area contributed by atoms with Gasteiger partial charge in [0.25, 0.3) is 5.91 Å². The Morgan fingerprint density at radius 1 is 0.871 bits per heavy atom. The van der Waals surface area contributed by atoms with Gasteiger partial charge in [-0.3, -0.25) is 23.5 Å². The van der Waals surface area contributed by atoms with Crippen LogP contribution in [0.3, 0.4) is 0 Å². The van der Waals surface area contributed by atoms with Crippen molar-refractivity contribution < 1.29 is 23.9 Å². The summed E-state index contributed by atoms with van der Waals surface area (Å²) in [4.78, 5) is 41.6. The van der Waals surface area contributed by atoms with E-state index in [1.807, 2.05) is 0 Å². The van der Waals surface area contributed by atoms with Crippen molar-refractivity contribution in [3.05, 3.63) is 64.7 Å². The number of amides is 1. The van der Waals surface area contributed by atoms with E-state index in [2.05, 4.69) is 4.99 Å². The Kier molecular flexibility index (Phi) is 7.25. The second kappa shape index (κ2) is 10.1. The molecule has 1 aromatic heterocycles. The second-order valence-corrected chi connectivity index (χ2v) is 6.93. The minimum absolute atomic E-state index is 0.132. The zero-order valence-corrected chi connectivity index (χ0v) is 18.0. The molecule has 0 fully saturated rings. The summed E-state index contributed by atoms with van der Waals surface area (Å²) in [6, 6.07) is 13.5. The van der Waals surface area contributed by atoms with Gasteiger partial charge in [-0.05, 0) is 44.2 Å². The third-order valence-electron chi connectivity index (χ3n) is 4.40. The Morgan fingerprint density at radius 3 is 1.90 bits per heavy atom. The maximum Gasteiger partial charge on any atom is 0.326 e. The number of hydrogen-bond acceptors (Lipinski definition) is 5. The molecular weight excluding hydrogens is 422 g/mol. The first-order chi connectivity index (χ1) is 14.9. The van der Waals surface area contributed by atoms with E-state index >= 15 is 0 Å². The van der Waals surface area contributed by atoms with Gasteiger partial charge < -0.3 is 9.47 Å². The summed E-state index contributed by atoms with van der Waals surface area (Å²) < 4.78 is 13.3. The quantitative estimate of drug-likeness (QED) is 0.523. The predicted octanol–water partition coefficient (Wildman–Crippen LogP) is 2.96. The van der Waals surface area contributed by atoms with Crippen LogP contribution in [0.5, 0.6) is 0 Å². The molecule has 8 nitrogen and oxygen atoms in total. The third-order valence-corrected chi connectivity index (χ3v) is 4.64. The van der Waals surface area contributed by atoms with E-state index in [-0.39, 0.29) is 37.5 Å². The van der Waals surface area contributed by atoms with E-state index < -0.39 is 17.8 Å². The molecule has 0 atom stereocenters. The van der Waals surface area contributed by atoms with Crippen molar-refractivity contribution in [3.8, 4) is 0 Å². The maximum absolute atomic E-state index is 12.9. The van der Waals surface area contributed by atoms with Crippen LogP contribution < -0.4 is 5.62 Å². The van der Waals surface area contributed by atoms with Gasteiger partial charge in [-0.15, -0.1) is 0 Å². The highest BCUT2D eigenvalue weighted by Gasteiger charge is 2.18. The van der Waals surface area contributed by atoms with Crippen LogP contribution >= 0.6 is 11.6 Å². The van der Waals surface area contributed by atoms with Crippen molar-refractivity contribution in [1.29, 1.82) is 0 Å². The molecule has 3 rings (SSSR count). The number of ether oxygens (including phenoxy) is 2. The van der Waals surface area contributed by atoms with Crippen LogP contribution in [-0.2, 0) is 32.2 Å². The Bertz CT molecular complexity index is 1140. The zero-order valence-electron chi connectivity index (χ0n) is 17.2. The van der Waals surface area contributed by atoms with E-state index in [4.69, 9.17) is 21.1 Å². The SMILES string of the molecule is CCOC(=O)Cn1c(=NC(=O)c2cccc(Cl)c2)n(CC(=O)OCC)c2ccccc21. The van der Waals surface area contributed by atoms with Crippen LogP contribution in [0.15, 0.2) is 53.5 Å². The lowest BCUT2D eigenvalue weighted by Crippen LogP contribution is -2.32. The summed E-state index contributed by atoms with van der Waals surface area (Å²) in [5, 5.41) is 0.396. The van der Waals surface area contributed by atoms with Crippen LogP contribution in [-0.4, -0.2) is 40.2 Å². The standard InChI is InChI=1S/C22H22ClN3O5/c1-3-30-19(27)13-25-17-10-5-6-11-18(17)26(14-20(28)31-4-2)22(25)24-21(29)15-8-7-9-16(23)12-15/h5-12H,3-4,13-14H2,1-2H3. The van der Waals surface area contributed by atoms with Crippen molar-refractivity contribution >= 4 is 40.5 Å². The summed E-state index contributed by atoms with van der Waals surface area (Å²) in [5.41, 5.74) is 1.66. The highest BCUT2D eigenvalue weighted by Crippen LogP contribution is 2.15. The molecule has 0 aliphatic carbocycles. The van der Waals surface area contributed by atoms with Gasteiger partial charge in [0.1, 0.15) is 13.1 Å². The van der Waals surface area contributed by atoms with Gasteiger partial charge in [0.2, 0.25) is 5.62 Å². The fourth-order valence-corrected chi connectivity index (χ4v) is 3.35. The zero-order chi connectivity index (χ0) is 22.4. The number of hydrogen-bond donors (Lipinski definition) is 0. The number of esters is 2. The summed E-state index contributed by atoms with van der Waals surface area (Å²) in [5.74, 6) is -1.54. The molecule has 2 aromatic carbocycles. The monoisotopic (exact) mass is 443 g/mol. The van der Waals surface area contributed by atoms with Crippen LogP contribution in [0.4, 0.5) is 0 Å². The topological polar surface area (TPSA) is 91.9 Å². The van der Waals surface area contributed by atoms with Crippen molar-refractivity contribution in [2.24, 2.45) is 4.99 Å². The Hall–Kier alpha value is -3.39. The van der Waals surface area contributed by atoms with Crippen LogP contribution in [0, 0.1) is 0 Å². The van der Waals surface area contributed by atoms with Crippen molar-refractivity contribution in [1.82, 2.24) is 9.13 Å². The molecule has 0 radical (unpaired) electrons. The summed E-state index contributed by atoms with van der Waals surface area (Å²) in [6.45, 7) is 3.50. The maximum atomic E-state index is 12.9. The lowest BCUT2D eigenvalue weighted by atomic mass is 10.2. The Labute approximate surface area is 183 Å². The van der Waals surface area contributed by atoms with Crippen LogP contribution in [0.1, 0.15) is 24.2 Å². The number of aromatic nitrogens is 2. The molecule has 0 unspecified atom stereocenters. The number of carbonyl (C=O) groups excluding carboxylic acids is 3. The molecule has 3 aromatic rings. The number of carbonyl (C=O) groups is 3. The molecule has 9 heteroatoms. The minimum Gasteiger partial charge on any atom is -0.465 e. The molecule has 0 aliphatic heterocycles. The van der Waals surface area contributed by atoms with Gasteiger partial charge in [0, 0.05) is 10.6 Å². The summed E-state index contributed by atoms with van der Waals surface area (Å²) in [7, 11) is 0. The van der Waals surface area contributed by atoms with E-state index in [9.17, 15) is 14.4 Å². The van der Waals surface area contributed by atoms with Crippen molar-refractivity contribution in [3.63, 3.8) is 0 Å². The molecule has 0 saturated carbocycles. The number of para-hydroxylation sites is 2. The van der Waals surface area contributed by atoms with Crippen molar-refractivity contribution in [2.45, 2.75) is 26.9 Å². The van der Waals surface area contributed by atoms with Crippen LogP contribution in [0.2, 0.25) is 5.02 Å². The first-order valence-corrected chi connectivity index (χ1v) is 10.2. The fraction of sp³-hybridized carbons (Fsp3) is 0.273. The molecular formula is C22H22ClN3O5. The molecule has 0 N–H and O–H groups in total. The lowest BCUT2D eigenvalue weighted by molar-refractivity contribution is -0.144. The predicted molar refractivity (Wildman–Crippen MR) is 115 cm³/mol. The number of fused-ring (bicyclic) bond motifs is 1. The van der Waals surface area contributed by atoms with Gasteiger partial charge in [0.15, 0.2) is 0 Å². The van der Waals surface area contributed by atoms with Gasteiger partial charge in [0.05, 0.1) is 24.2 Å². The molecule has 1 heterocycles. The molecule has 0 bridgehead atoms. The average molecular weight is 444 g/mol. The average Bonchev–Trinajstić information content (AvgIpc) is 3.01. The Morgan fingerprint density at radius 2 is 1.42 bits per heavy atom. The van der Waals surface area contributed by atoms with E-state index in [0.29, 0.717) is 16.1 Å². The van der Waals surface area contributed by atoms with E-state index in [1.54, 1.807) is 65.4 Å². The number of nitrogens with zero attached hydrogens (tertiary/aromatic N) is 3. The second-order valence-electron chi connectivity index (χ2n) is 6.50. The van der Waals surface area contributed by atoms with E-state index in [1.165, 1.54) is 6.07 Å². The highest BCUT2D eigenvalue weighted by atomic mass is 35.5. The molecule has 1 amide bonds. The van der Waals surface area contributed by atoms with Crippen molar-refractivity contribution in [2.75, 3.05) is 13.2 Å². The third kappa shape index (κ3) is 5.21. The lowest BCUT2D eigenvalue weighted by Gasteiger charge is -2.06.